The number of nitrogens with zero attached hydrogens (tertiary/aromatic N) is 1. The van der Waals surface area contributed by atoms with Gasteiger partial charge in [0.05, 0.1) is 5.71 Å². The van der Waals surface area contributed by atoms with E-state index in [-0.39, 0.29) is 11.7 Å². The average Bonchev–Trinajstić information content (AvgIpc) is 3.00. The lowest BCUT2D eigenvalue weighted by molar-refractivity contribution is -0.125. The molecule has 0 saturated heterocycles. The van der Waals surface area contributed by atoms with Crippen LogP contribution in [0.25, 0.3) is 0 Å². The summed E-state index contributed by atoms with van der Waals surface area (Å²) in [6, 6.07) is 13.6. The zero-order valence-electron chi connectivity index (χ0n) is 11.5. The molecule has 2 aromatic carbocycles. The van der Waals surface area contributed by atoms with Gasteiger partial charge in [0.2, 0.25) is 6.10 Å². The van der Waals surface area contributed by atoms with Gasteiger partial charge in [-0.2, -0.15) is 0 Å². The molecule has 2 aromatic rings. The van der Waals surface area contributed by atoms with Crippen LogP contribution in [0.2, 0.25) is 5.02 Å². The molecular formula is C16H13ClN2O3. The van der Waals surface area contributed by atoms with Gasteiger partial charge in [-0.25, -0.2) is 0 Å². The summed E-state index contributed by atoms with van der Waals surface area (Å²) in [6.45, 7) is 0. The first kappa shape index (κ1) is 14.4. The third-order valence-corrected chi connectivity index (χ3v) is 3.54. The average molecular weight is 317 g/mol. The van der Waals surface area contributed by atoms with Crippen molar-refractivity contribution in [3.63, 3.8) is 0 Å². The summed E-state index contributed by atoms with van der Waals surface area (Å²) < 4.78 is 0. The third kappa shape index (κ3) is 3.04. The van der Waals surface area contributed by atoms with Crippen LogP contribution in [-0.4, -0.2) is 22.8 Å². The van der Waals surface area contributed by atoms with Gasteiger partial charge in [0.1, 0.15) is 5.75 Å². The van der Waals surface area contributed by atoms with Crippen molar-refractivity contribution in [2.75, 3.05) is 5.32 Å². The molecule has 1 heterocycles. The number of anilines is 1. The fraction of sp³-hybridized carbons (Fsp3) is 0.125. The van der Waals surface area contributed by atoms with Crippen molar-refractivity contribution in [3.05, 3.63) is 59.1 Å². The highest BCUT2D eigenvalue weighted by atomic mass is 35.5. The highest BCUT2D eigenvalue weighted by Gasteiger charge is 2.29. The monoisotopic (exact) mass is 316 g/mol. The molecule has 112 valence electrons. The SMILES string of the molecule is O=C(Nc1ccc(Cl)cc1)[C@@H]1CC(c2ccccc2O)=NO1. The summed E-state index contributed by atoms with van der Waals surface area (Å²) in [6.07, 6.45) is -0.415. The van der Waals surface area contributed by atoms with E-state index < -0.39 is 6.10 Å². The number of hydrogen-bond donors (Lipinski definition) is 2. The minimum Gasteiger partial charge on any atom is -0.507 e. The second kappa shape index (κ2) is 6.07. The summed E-state index contributed by atoms with van der Waals surface area (Å²) >= 11 is 5.80. The molecule has 3 rings (SSSR count). The molecule has 5 nitrogen and oxygen atoms in total. The van der Waals surface area contributed by atoms with E-state index in [0.717, 1.165) is 0 Å². The van der Waals surface area contributed by atoms with Gasteiger partial charge < -0.3 is 15.3 Å². The first-order valence-electron chi connectivity index (χ1n) is 6.71. The van der Waals surface area contributed by atoms with Gasteiger partial charge in [0, 0.05) is 22.7 Å². The standard InChI is InChI=1S/C16H13ClN2O3/c17-10-5-7-11(8-6-10)18-16(21)15-9-13(19-22-15)12-3-1-2-4-14(12)20/h1-8,15,20H,9H2,(H,18,21)/t15-/m0/s1. The fourth-order valence-corrected chi connectivity index (χ4v) is 2.28. The van der Waals surface area contributed by atoms with E-state index >= 15 is 0 Å². The largest absolute Gasteiger partial charge is 0.507 e. The lowest BCUT2D eigenvalue weighted by Gasteiger charge is -2.09. The van der Waals surface area contributed by atoms with Gasteiger partial charge in [0.15, 0.2) is 0 Å². The molecule has 1 aliphatic heterocycles. The lowest BCUT2D eigenvalue weighted by atomic mass is 10.0. The second-order valence-corrected chi connectivity index (χ2v) is 5.29. The van der Waals surface area contributed by atoms with Crippen LogP contribution < -0.4 is 5.32 Å². The Morgan fingerprint density at radius 1 is 1.23 bits per heavy atom. The van der Waals surface area contributed by atoms with Crippen LogP contribution in [0.3, 0.4) is 0 Å². The molecule has 0 radical (unpaired) electrons. The van der Waals surface area contributed by atoms with E-state index in [0.29, 0.717) is 28.4 Å². The van der Waals surface area contributed by atoms with E-state index in [9.17, 15) is 9.90 Å². The number of aromatic hydroxyl groups is 1. The Morgan fingerprint density at radius 2 is 1.95 bits per heavy atom. The molecule has 0 saturated carbocycles. The fourth-order valence-electron chi connectivity index (χ4n) is 2.15. The number of para-hydroxylation sites is 1. The molecule has 6 heteroatoms. The molecule has 0 aromatic heterocycles. The van der Waals surface area contributed by atoms with Crippen LogP contribution >= 0.6 is 11.6 Å². The predicted octanol–water partition coefficient (Wildman–Crippen LogP) is 3.18. The number of oxime groups is 1. The number of rotatable bonds is 3. The van der Waals surface area contributed by atoms with Crippen molar-refractivity contribution >= 4 is 28.9 Å². The molecule has 1 amide bonds. The maximum atomic E-state index is 12.2. The molecule has 0 spiro atoms. The van der Waals surface area contributed by atoms with Crippen LogP contribution in [0.1, 0.15) is 12.0 Å². The van der Waals surface area contributed by atoms with Gasteiger partial charge in [-0.1, -0.05) is 28.9 Å². The zero-order valence-corrected chi connectivity index (χ0v) is 12.2. The van der Waals surface area contributed by atoms with E-state index in [1.807, 2.05) is 0 Å². The molecule has 0 aliphatic carbocycles. The number of halogens is 1. The number of phenols is 1. The Hall–Kier alpha value is -2.53. The molecule has 1 atom stereocenters. The van der Waals surface area contributed by atoms with Gasteiger partial charge >= 0.3 is 0 Å². The molecule has 0 unspecified atom stereocenters. The van der Waals surface area contributed by atoms with Crippen molar-refractivity contribution in [2.45, 2.75) is 12.5 Å². The topological polar surface area (TPSA) is 70.9 Å². The lowest BCUT2D eigenvalue weighted by Crippen LogP contribution is -2.28. The van der Waals surface area contributed by atoms with Crippen LogP contribution in [0.15, 0.2) is 53.7 Å². The Bertz CT molecular complexity index is 728. The Labute approximate surface area is 132 Å². The maximum absolute atomic E-state index is 12.2. The van der Waals surface area contributed by atoms with E-state index in [1.165, 1.54) is 0 Å². The van der Waals surface area contributed by atoms with Crippen LogP contribution in [0.4, 0.5) is 5.69 Å². The normalized spacial score (nSPS) is 16.8. The summed E-state index contributed by atoms with van der Waals surface area (Å²) in [5.74, 6) is -0.180. The number of carbonyl (C=O) groups is 1. The zero-order chi connectivity index (χ0) is 15.5. The minimum absolute atomic E-state index is 0.114. The number of phenolic OH excluding ortho intramolecular Hbond substituents is 1. The van der Waals surface area contributed by atoms with Gasteiger partial charge in [-0.3, -0.25) is 4.79 Å². The molecular weight excluding hydrogens is 304 g/mol. The Balaban J connectivity index is 1.65. The van der Waals surface area contributed by atoms with Gasteiger partial charge in [-0.05, 0) is 36.4 Å². The van der Waals surface area contributed by atoms with Crippen LogP contribution in [0.5, 0.6) is 5.75 Å². The quantitative estimate of drug-likeness (QED) is 0.913. The van der Waals surface area contributed by atoms with Crippen molar-refractivity contribution in [3.8, 4) is 5.75 Å². The maximum Gasteiger partial charge on any atom is 0.268 e. The number of nitrogens with one attached hydrogen (secondary N) is 1. The smallest absolute Gasteiger partial charge is 0.268 e. The summed E-state index contributed by atoms with van der Waals surface area (Å²) in [7, 11) is 0. The Kier molecular flexibility index (Phi) is 3.98. The molecule has 22 heavy (non-hydrogen) atoms. The van der Waals surface area contributed by atoms with E-state index in [2.05, 4.69) is 10.5 Å². The van der Waals surface area contributed by atoms with Crippen molar-refractivity contribution in [2.24, 2.45) is 5.16 Å². The first-order chi connectivity index (χ1) is 10.6. The number of amides is 1. The molecule has 0 bridgehead atoms. The van der Waals surface area contributed by atoms with E-state index in [1.54, 1.807) is 48.5 Å². The first-order valence-corrected chi connectivity index (χ1v) is 7.09. The van der Waals surface area contributed by atoms with Gasteiger partial charge in [-0.15, -0.1) is 0 Å². The number of hydrogen-bond acceptors (Lipinski definition) is 4. The summed E-state index contributed by atoms with van der Waals surface area (Å²) in [4.78, 5) is 17.3. The molecule has 1 aliphatic rings. The number of carbonyl (C=O) groups excluding carboxylic acids is 1. The molecule has 0 fully saturated rings. The van der Waals surface area contributed by atoms with E-state index in [4.69, 9.17) is 16.4 Å². The summed E-state index contributed by atoms with van der Waals surface area (Å²) in [5, 5.41) is 17.0. The highest BCUT2D eigenvalue weighted by Crippen LogP contribution is 2.24. The van der Waals surface area contributed by atoms with Crippen molar-refractivity contribution in [1.29, 1.82) is 0 Å². The highest BCUT2D eigenvalue weighted by molar-refractivity contribution is 6.30. The third-order valence-electron chi connectivity index (χ3n) is 3.29. The Morgan fingerprint density at radius 3 is 2.68 bits per heavy atom. The van der Waals surface area contributed by atoms with Crippen LogP contribution in [0, 0.1) is 0 Å². The predicted molar refractivity (Wildman–Crippen MR) is 84.2 cm³/mol. The molecule has 2 N–H and O–H groups in total. The van der Waals surface area contributed by atoms with Crippen LogP contribution in [-0.2, 0) is 9.63 Å². The minimum atomic E-state index is -0.717. The van der Waals surface area contributed by atoms with Crippen molar-refractivity contribution in [1.82, 2.24) is 0 Å². The summed E-state index contributed by atoms with van der Waals surface area (Å²) in [5.41, 5.74) is 1.76. The van der Waals surface area contributed by atoms with Crippen molar-refractivity contribution < 1.29 is 14.7 Å². The second-order valence-electron chi connectivity index (χ2n) is 4.85. The van der Waals surface area contributed by atoms with Gasteiger partial charge in [0.25, 0.3) is 5.91 Å². The number of benzene rings is 2.